The Labute approximate surface area is 66.6 Å². The molecule has 0 fully saturated rings. The Morgan fingerprint density at radius 2 is 2.55 bits per heavy atom. The van der Waals surface area contributed by atoms with E-state index < -0.39 is 0 Å². The number of H-pyrrole nitrogens is 1. The number of hydrogen-bond acceptors (Lipinski definition) is 4. The van der Waals surface area contributed by atoms with Gasteiger partial charge in [-0.1, -0.05) is 11.6 Å². The van der Waals surface area contributed by atoms with Gasteiger partial charge in [0.1, 0.15) is 5.16 Å². The summed E-state index contributed by atoms with van der Waals surface area (Å²) in [6.07, 6.45) is 1.82. The summed E-state index contributed by atoms with van der Waals surface area (Å²) in [5, 5.41) is 15.0. The van der Waals surface area contributed by atoms with Crippen LogP contribution in [0.5, 0.6) is 0 Å². The monoisotopic (exact) mass is 173 g/mol. The highest BCUT2D eigenvalue weighted by molar-refractivity contribution is 6.31. The molecule has 1 aromatic rings. The number of nitrogens with zero attached hydrogens (tertiary/aromatic N) is 3. The first-order valence-electron chi connectivity index (χ1n) is 2.64. The third kappa shape index (κ3) is 2.34. The lowest BCUT2D eigenvalue weighted by Gasteiger charge is -1.89. The van der Waals surface area contributed by atoms with Gasteiger partial charge in [0.25, 0.3) is 0 Å². The number of halogens is 1. The molecule has 2 N–H and O–H groups in total. The van der Waals surface area contributed by atoms with E-state index in [1.807, 2.05) is 0 Å². The van der Waals surface area contributed by atoms with Gasteiger partial charge in [-0.15, -0.1) is 10.2 Å². The second-order valence-electron chi connectivity index (χ2n) is 1.52. The number of carbonyl (C=O) groups excluding carboxylic acids is 1. The molecule has 1 heterocycles. The molecular weight excluding hydrogens is 170 g/mol. The first kappa shape index (κ1) is 7.67. The summed E-state index contributed by atoms with van der Waals surface area (Å²) in [4.78, 5) is 9.84. The van der Waals surface area contributed by atoms with Crippen molar-refractivity contribution in [1.29, 1.82) is 0 Å². The van der Waals surface area contributed by atoms with Gasteiger partial charge < -0.3 is 5.32 Å². The summed E-state index contributed by atoms with van der Waals surface area (Å²) in [6, 6.07) is 0. The van der Waals surface area contributed by atoms with Crippen molar-refractivity contribution in [3.05, 3.63) is 11.0 Å². The summed E-state index contributed by atoms with van der Waals surface area (Å²) in [7, 11) is 0. The molecule has 0 atom stereocenters. The standard InChI is InChI=1S/C4H4ClN5O/c5-3(6-2-11)1-4-7-9-10-8-4/h1-2H,(H,6,11)(H,7,8,9,10). The Morgan fingerprint density at radius 3 is 3.09 bits per heavy atom. The molecule has 0 saturated carbocycles. The summed E-state index contributed by atoms with van der Waals surface area (Å²) < 4.78 is 0. The topological polar surface area (TPSA) is 83.6 Å². The summed E-state index contributed by atoms with van der Waals surface area (Å²) in [6.45, 7) is 0. The summed E-state index contributed by atoms with van der Waals surface area (Å²) >= 11 is 5.47. The number of amides is 1. The molecule has 1 amide bonds. The molecule has 0 aliphatic rings. The molecule has 1 rings (SSSR count). The van der Waals surface area contributed by atoms with E-state index in [-0.39, 0.29) is 5.16 Å². The second kappa shape index (κ2) is 3.67. The van der Waals surface area contributed by atoms with Gasteiger partial charge >= 0.3 is 0 Å². The van der Waals surface area contributed by atoms with Crippen molar-refractivity contribution in [1.82, 2.24) is 25.9 Å². The zero-order chi connectivity index (χ0) is 8.10. The van der Waals surface area contributed by atoms with Crippen molar-refractivity contribution in [3.63, 3.8) is 0 Å². The molecule has 0 radical (unpaired) electrons. The SMILES string of the molecule is O=CNC(Cl)=Cc1nn[nH]n1. The van der Waals surface area contributed by atoms with Crippen LogP contribution in [0, 0.1) is 0 Å². The highest BCUT2D eigenvalue weighted by Crippen LogP contribution is 1.99. The van der Waals surface area contributed by atoms with E-state index in [4.69, 9.17) is 11.6 Å². The molecule has 1 aromatic heterocycles. The van der Waals surface area contributed by atoms with Crippen LogP contribution in [0.1, 0.15) is 5.82 Å². The average Bonchev–Trinajstić information content (AvgIpc) is 2.40. The predicted octanol–water partition coefficient (Wildman–Crippen LogP) is -0.517. The van der Waals surface area contributed by atoms with E-state index in [0.29, 0.717) is 12.2 Å². The van der Waals surface area contributed by atoms with Crippen LogP contribution >= 0.6 is 11.6 Å². The van der Waals surface area contributed by atoms with Crippen molar-refractivity contribution >= 4 is 24.1 Å². The number of nitrogens with one attached hydrogen (secondary N) is 2. The molecule has 0 unspecified atom stereocenters. The van der Waals surface area contributed by atoms with Crippen LogP contribution in [0.25, 0.3) is 6.08 Å². The van der Waals surface area contributed by atoms with Crippen molar-refractivity contribution < 1.29 is 4.79 Å². The Kier molecular flexibility index (Phi) is 2.56. The van der Waals surface area contributed by atoms with Crippen LogP contribution in [0.3, 0.4) is 0 Å². The zero-order valence-electron chi connectivity index (χ0n) is 5.28. The Morgan fingerprint density at radius 1 is 1.73 bits per heavy atom. The van der Waals surface area contributed by atoms with E-state index in [0.717, 1.165) is 0 Å². The predicted molar refractivity (Wildman–Crippen MR) is 37.2 cm³/mol. The second-order valence-corrected chi connectivity index (χ2v) is 1.93. The summed E-state index contributed by atoms with van der Waals surface area (Å²) in [5.74, 6) is 0.310. The Bertz CT molecular complexity index is 255. The van der Waals surface area contributed by atoms with Gasteiger partial charge in [0.15, 0.2) is 5.82 Å². The molecule has 11 heavy (non-hydrogen) atoms. The lowest BCUT2D eigenvalue weighted by molar-refractivity contribution is -0.108. The van der Waals surface area contributed by atoms with Crippen LogP contribution in [0.4, 0.5) is 0 Å². The van der Waals surface area contributed by atoms with E-state index >= 15 is 0 Å². The molecule has 0 aliphatic heterocycles. The minimum atomic E-state index is 0.140. The van der Waals surface area contributed by atoms with Crippen LogP contribution in [-0.4, -0.2) is 27.0 Å². The molecule has 58 valence electrons. The molecular formula is C4H4ClN5O. The molecule has 0 saturated heterocycles. The van der Waals surface area contributed by atoms with Crippen LogP contribution in [0.2, 0.25) is 0 Å². The number of rotatable bonds is 3. The molecule has 0 aliphatic carbocycles. The number of carbonyl (C=O) groups is 1. The van der Waals surface area contributed by atoms with E-state index in [1.54, 1.807) is 0 Å². The Balaban J connectivity index is 2.65. The minimum absolute atomic E-state index is 0.140. The fraction of sp³-hybridized carbons (Fsp3) is 0. The maximum absolute atomic E-state index is 9.84. The zero-order valence-corrected chi connectivity index (χ0v) is 6.04. The molecule has 0 aromatic carbocycles. The van der Waals surface area contributed by atoms with Crippen LogP contribution in [-0.2, 0) is 4.79 Å². The largest absolute Gasteiger partial charge is 0.319 e. The number of hydrogen-bond donors (Lipinski definition) is 2. The van der Waals surface area contributed by atoms with Crippen molar-refractivity contribution in [2.24, 2.45) is 0 Å². The normalized spacial score (nSPS) is 11.2. The maximum Gasteiger partial charge on any atom is 0.212 e. The maximum atomic E-state index is 9.84. The van der Waals surface area contributed by atoms with Gasteiger partial charge in [-0.2, -0.15) is 5.21 Å². The first-order chi connectivity index (χ1) is 5.33. The highest BCUT2D eigenvalue weighted by Gasteiger charge is 1.94. The van der Waals surface area contributed by atoms with Crippen molar-refractivity contribution in [3.8, 4) is 0 Å². The van der Waals surface area contributed by atoms with Gasteiger partial charge in [-0.3, -0.25) is 4.79 Å². The lowest BCUT2D eigenvalue weighted by Crippen LogP contribution is -2.04. The fourth-order valence-corrected chi connectivity index (χ4v) is 0.584. The van der Waals surface area contributed by atoms with E-state index in [2.05, 4.69) is 25.9 Å². The van der Waals surface area contributed by atoms with Gasteiger partial charge in [-0.05, 0) is 5.21 Å². The van der Waals surface area contributed by atoms with Crippen LogP contribution < -0.4 is 5.32 Å². The molecule has 7 heteroatoms. The molecule has 0 spiro atoms. The van der Waals surface area contributed by atoms with E-state index in [9.17, 15) is 4.79 Å². The van der Waals surface area contributed by atoms with Crippen molar-refractivity contribution in [2.75, 3.05) is 0 Å². The lowest BCUT2D eigenvalue weighted by atomic mass is 10.6. The quantitative estimate of drug-likeness (QED) is 0.476. The van der Waals surface area contributed by atoms with E-state index in [1.165, 1.54) is 6.08 Å². The van der Waals surface area contributed by atoms with Gasteiger partial charge in [0.05, 0.1) is 0 Å². The molecule has 0 bridgehead atoms. The van der Waals surface area contributed by atoms with Gasteiger partial charge in [-0.25, -0.2) is 0 Å². The average molecular weight is 174 g/mol. The van der Waals surface area contributed by atoms with Gasteiger partial charge in [0, 0.05) is 6.08 Å². The van der Waals surface area contributed by atoms with Gasteiger partial charge in [0.2, 0.25) is 6.41 Å². The summed E-state index contributed by atoms with van der Waals surface area (Å²) in [5.41, 5.74) is 0. The number of tetrazole rings is 1. The third-order valence-corrected chi connectivity index (χ3v) is 1.03. The van der Waals surface area contributed by atoms with Crippen molar-refractivity contribution in [2.45, 2.75) is 0 Å². The fourth-order valence-electron chi connectivity index (χ4n) is 0.442. The third-order valence-electron chi connectivity index (χ3n) is 0.814. The highest BCUT2D eigenvalue weighted by atomic mass is 35.5. The number of aromatic amines is 1. The molecule has 6 nitrogen and oxygen atoms in total. The first-order valence-corrected chi connectivity index (χ1v) is 3.01. The number of aromatic nitrogens is 4. The Hall–Kier alpha value is -1.43. The minimum Gasteiger partial charge on any atom is -0.319 e. The van der Waals surface area contributed by atoms with Crippen LogP contribution in [0.15, 0.2) is 5.16 Å². The smallest absolute Gasteiger partial charge is 0.212 e.